The van der Waals surface area contributed by atoms with Crippen LogP contribution in [0.3, 0.4) is 0 Å². The van der Waals surface area contributed by atoms with Crippen molar-refractivity contribution >= 4 is 15.9 Å². The summed E-state index contributed by atoms with van der Waals surface area (Å²) < 4.78 is 6.25. The maximum atomic E-state index is 9.60. The molecule has 1 aliphatic rings. The fourth-order valence-electron chi connectivity index (χ4n) is 2.53. The number of hydrogen-bond acceptors (Lipinski definition) is 3. The van der Waals surface area contributed by atoms with E-state index in [-0.39, 0.29) is 12.6 Å². The van der Waals surface area contributed by atoms with Gasteiger partial charge in [0.2, 0.25) is 0 Å². The average molecular weight is 314 g/mol. The molecular formula is C14H20BrNO2. The van der Waals surface area contributed by atoms with Crippen LogP contribution >= 0.6 is 15.9 Å². The number of methoxy groups -OCH3 is 1. The molecule has 0 spiro atoms. The van der Waals surface area contributed by atoms with Gasteiger partial charge in [-0.1, -0.05) is 28.8 Å². The van der Waals surface area contributed by atoms with Crippen molar-refractivity contribution in [3.63, 3.8) is 0 Å². The SMILES string of the molecule is COc1ccc(Br)c(C(CO)NC2CCCC2)c1. The Balaban J connectivity index is 2.14. The quantitative estimate of drug-likeness (QED) is 0.878. The third kappa shape index (κ3) is 3.25. The van der Waals surface area contributed by atoms with Gasteiger partial charge in [-0.3, -0.25) is 0 Å². The molecule has 0 amide bonds. The van der Waals surface area contributed by atoms with Gasteiger partial charge in [0.05, 0.1) is 19.8 Å². The van der Waals surface area contributed by atoms with Crippen molar-refractivity contribution in [1.29, 1.82) is 0 Å². The molecule has 1 aromatic carbocycles. The van der Waals surface area contributed by atoms with Gasteiger partial charge < -0.3 is 15.2 Å². The maximum Gasteiger partial charge on any atom is 0.119 e. The number of ether oxygens (including phenoxy) is 1. The van der Waals surface area contributed by atoms with E-state index in [2.05, 4.69) is 21.2 Å². The second-order valence-corrected chi connectivity index (χ2v) is 5.62. The molecule has 4 heteroatoms. The Bertz CT molecular complexity index is 391. The molecule has 0 aromatic heterocycles. The van der Waals surface area contributed by atoms with Crippen LogP contribution in [0.2, 0.25) is 0 Å². The molecular weight excluding hydrogens is 294 g/mol. The van der Waals surface area contributed by atoms with Crippen molar-refractivity contribution < 1.29 is 9.84 Å². The summed E-state index contributed by atoms with van der Waals surface area (Å²) in [5.41, 5.74) is 1.06. The van der Waals surface area contributed by atoms with Crippen LogP contribution in [0, 0.1) is 0 Å². The molecule has 1 atom stereocenters. The van der Waals surface area contributed by atoms with Gasteiger partial charge in [-0.2, -0.15) is 0 Å². The number of hydrogen-bond donors (Lipinski definition) is 2. The Morgan fingerprint density at radius 3 is 2.78 bits per heavy atom. The summed E-state index contributed by atoms with van der Waals surface area (Å²) in [6, 6.07) is 6.36. The number of aliphatic hydroxyl groups is 1. The average Bonchev–Trinajstić information content (AvgIpc) is 2.90. The first kappa shape index (κ1) is 13.8. The minimum absolute atomic E-state index is 0.0300. The van der Waals surface area contributed by atoms with Gasteiger partial charge in [0, 0.05) is 10.5 Å². The van der Waals surface area contributed by atoms with E-state index in [1.807, 2.05) is 18.2 Å². The molecule has 0 bridgehead atoms. The standard InChI is InChI=1S/C14H20BrNO2/c1-18-11-6-7-13(15)12(8-11)14(9-17)16-10-4-2-3-5-10/h6-8,10,14,16-17H,2-5,9H2,1H3. The van der Waals surface area contributed by atoms with Crippen LogP contribution in [-0.4, -0.2) is 24.9 Å². The fourth-order valence-corrected chi connectivity index (χ4v) is 3.06. The van der Waals surface area contributed by atoms with Gasteiger partial charge in [-0.25, -0.2) is 0 Å². The number of rotatable bonds is 5. The third-order valence-corrected chi connectivity index (χ3v) is 4.28. The highest BCUT2D eigenvalue weighted by atomic mass is 79.9. The number of halogens is 1. The Kier molecular flexibility index (Phi) is 5.03. The second-order valence-electron chi connectivity index (χ2n) is 4.77. The number of nitrogens with one attached hydrogen (secondary N) is 1. The summed E-state index contributed by atoms with van der Waals surface area (Å²) in [7, 11) is 1.66. The summed E-state index contributed by atoms with van der Waals surface area (Å²) in [5, 5.41) is 13.1. The smallest absolute Gasteiger partial charge is 0.119 e. The predicted molar refractivity (Wildman–Crippen MR) is 75.9 cm³/mol. The summed E-state index contributed by atoms with van der Waals surface area (Å²) in [5.74, 6) is 0.819. The van der Waals surface area contributed by atoms with Crippen molar-refractivity contribution in [3.8, 4) is 5.75 Å². The Labute approximate surface area is 117 Å². The molecule has 1 fully saturated rings. The molecule has 18 heavy (non-hydrogen) atoms. The first-order valence-corrected chi connectivity index (χ1v) is 7.24. The van der Waals surface area contributed by atoms with Gasteiger partial charge in [-0.05, 0) is 36.6 Å². The number of benzene rings is 1. The van der Waals surface area contributed by atoms with Crippen LogP contribution in [0.25, 0.3) is 0 Å². The largest absolute Gasteiger partial charge is 0.497 e. The molecule has 2 N–H and O–H groups in total. The lowest BCUT2D eigenvalue weighted by atomic mass is 10.1. The Hall–Kier alpha value is -0.580. The minimum Gasteiger partial charge on any atom is -0.497 e. The van der Waals surface area contributed by atoms with Gasteiger partial charge in [0.1, 0.15) is 5.75 Å². The highest BCUT2D eigenvalue weighted by Gasteiger charge is 2.21. The Morgan fingerprint density at radius 2 is 2.17 bits per heavy atom. The zero-order valence-corrected chi connectivity index (χ0v) is 12.2. The van der Waals surface area contributed by atoms with Crippen molar-refractivity contribution in [2.24, 2.45) is 0 Å². The molecule has 1 saturated carbocycles. The monoisotopic (exact) mass is 313 g/mol. The van der Waals surface area contributed by atoms with E-state index >= 15 is 0 Å². The van der Waals surface area contributed by atoms with Crippen molar-refractivity contribution in [2.45, 2.75) is 37.8 Å². The lowest BCUT2D eigenvalue weighted by Crippen LogP contribution is -2.32. The molecule has 0 saturated heterocycles. The van der Waals surface area contributed by atoms with Crippen LogP contribution in [0.15, 0.2) is 22.7 Å². The molecule has 1 aliphatic carbocycles. The molecule has 1 unspecified atom stereocenters. The van der Waals surface area contributed by atoms with Crippen LogP contribution in [-0.2, 0) is 0 Å². The first-order valence-electron chi connectivity index (χ1n) is 6.45. The van der Waals surface area contributed by atoms with Crippen LogP contribution in [0.4, 0.5) is 0 Å². The summed E-state index contributed by atoms with van der Waals surface area (Å²) >= 11 is 3.54. The molecule has 1 aromatic rings. The molecule has 0 radical (unpaired) electrons. The maximum absolute atomic E-state index is 9.60. The summed E-state index contributed by atoms with van der Waals surface area (Å²) in [6.45, 7) is 0.0995. The topological polar surface area (TPSA) is 41.5 Å². The second kappa shape index (κ2) is 6.55. The number of aliphatic hydroxyl groups excluding tert-OH is 1. The lowest BCUT2D eigenvalue weighted by molar-refractivity contribution is 0.232. The predicted octanol–water partition coefficient (Wildman–Crippen LogP) is 3.02. The van der Waals surface area contributed by atoms with E-state index in [1.165, 1.54) is 25.7 Å². The molecule has 3 nitrogen and oxygen atoms in total. The van der Waals surface area contributed by atoms with E-state index in [0.29, 0.717) is 6.04 Å². The fraction of sp³-hybridized carbons (Fsp3) is 0.571. The van der Waals surface area contributed by atoms with Crippen LogP contribution in [0.5, 0.6) is 5.75 Å². The van der Waals surface area contributed by atoms with E-state index in [9.17, 15) is 5.11 Å². The molecule has 100 valence electrons. The first-order chi connectivity index (χ1) is 8.74. The van der Waals surface area contributed by atoms with Crippen molar-refractivity contribution in [3.05, 3.63) is 28.2 Å². The van der Waals surface area contributed by atoms with Crippen molar-refractivity contribution in [2.75, 3.05) is 13.7 Å². The van der Waals surface area contributed by atoms with E-state index < -0.39 is 0 Å². The lowest BCUT2D eigenvalue weighted by Gasteiger charge is -2.23. The zero-order valence-electron chi connectivity index (χ0n) is 10.7. The van der Waals surface area contributed by atoms with E-state index in [1.54, 1.807) is 7.11 Å². The van der Waals surface area contributed by atoms with Crippen LogP contribution in [0.1, 0.15) is 37.3 Å². The highest BCUT2D eigenvalue weighted by Crippen LogP contribution is 2.29. The van der Waals surface area contributed by atoms with Crippen LogP contribution < -0.4 is 10.1 Å². The van der Waals surface area contributed by atoms with Crippen molar-refractivity contribution in [1.82, 2.24) is 5.32 Å². The minimum atomic E-state index is -0.0300. The molecule has 0 heterocycles. The highest BCUT2D eigenvalue weighted by molar-refractivity contribution is 9.10. The molecule has 0 aliphatic heterocycles. The zero-order chi connectivity index (χ0) is 13.0. The van der Waals surface area contributed by atoms with Gasteiger partial charge in [0.25, 0.3) is 0 Å². The Morgan fingerprint density at radius 1 is 1.44 bits per heavy atom. The van der Waals surface area contributed by atoms with Gasteiger partial charge in [-0.15, -0.1) is 0 Å². The normalized spacial score (nSPS) is 17.9. The van der Waals surface area contributed by atoms with E-state index in [0.717, 1.165) is 15.8 Å². The van der Waals surface area contributed by atoms with Gasteiger partial charge >= 0.3 is 0 Å². The van der Waals surface area contributed by atoms with E-state index in [4.69, 9.17) is 4.74 Å². The summed E-state index contributed by atoms with van der Waals surface area (Å²) in [6.07, 6.45) is 4.99. The van der Waals surface area contributed by atoms with Gasteiger partial charge in [0.15, 0.2) is 0 Å². The third-order valence-electron chi connectivity index (χ3n) is 3.55. The molecule has 2 rings (SSSR count). The summed E-state index contributed by atoms with van der Waals surface area (Å²) in [4.78, 5) is 0.